The Balaban J connectivity index is 1.83. The van der Waals surface area contributed by atoms with Crippen LogP contribution in [0.1, 0.15) is 15.2 Å². The van der Waals surface area contributed by atoms with Crippen molar-refractivity contribution in [3.8, 4) is 11.3 Å². The Labute approximate surface area is 152 Å². The standard InChI is InChI=1S/C17H14N4O4S/c18-16(23)14(22)12(8-10-4-2-1-3-5-10)19-17(24)15-13(20-21-26-15)11-6-7-25-9-11/h1-7,9,12H,8H2,(H2,18,23)(H,19,24). The Bertz CT molecular complexity index is 921. The molecule has 0 saturated carbocycles. The molecule has 3 aromatic rings. The molecule has 9 heteroatoms. The zero-order chi connectivity index (χ0) is 18.5. The van der Waals surface area contributed by atoms with Crippen molar-refractivity contribution in [3.05, 3.63) is 59.4 Å². The van der Waals surface area contributed by atoms with Gasteiger partial charge in [-0.2, -0.15) is 0 Å². The molecule has 1 aromatic carbocycles. The summed E-state index contributed by atoms with van der Waals surface area (Å²) in [6, 6.07) is 9.57. The zero-order valence-corrected chi connectivity index (χ0v) is 14.2. The molecule has 3 N–H and O–H groups in total. The van der Waals surface area contributed by atoms with Crippen LogP contribution in [0.2, 0.25) is 0 Å². The van der Waals surface area contributed by atoms with E-state index in [9.17, 15) is 14.4 Å². The number of nitrogens with one attached hydrogen (secondary N) is 1. The van der Waals surface area contributed by atoms with Crippen molar-refractivity contribution in [1.29, 1.82) is 0 Å². The average molecular weight is 370 g/mol. The van der Waals surface area contributed by atoms with E-state index < -0.39 is 23.6 Å². The number of nitrogens with zero attached hydrogens (tertiary/aromatic N) is 2. The van der Waals surface area contributed by atoms with Gasteiger partial charge in [0.05, 0.1) is 12.5 Å². The quantitative estimate of drug-likeness (QED) is 0.601. The number of hydrogen-bond acceptors (Lipinski definition) is 7. The van der Waals surface area contributed by atoms with E-state index >= 15 is 0 Å². The van der Waals surface area contributed by atoms with Gasteiger partial charge in [-0.1, -0.05) is 34.8 Å². The number of rotatable bonds is 7. The third-order valence-corrected chi connectivity index (χ3v) is 4.36. The van der Waals surface area contributed by atoms with Crippen LogP contribution in [0.3, 0.4) is 0 Å². The first-order chi connectivity index (χ1) is 12.6. The molecule has 0 fully saturated rings. The number of amides is 2. The van der Waals surface area contributed by atoms with Crippen LogP contribution >= 0.6 is 11.5 Å². The molecule has 0 spiro atoms. The highest BCUT2D eigenvalue weighted by Crippen LogP contribution is 2.24. The van der Waals surface area contributed by atoms with Crippen LogP contribution < -0.4 is 11.1 Å². The third kappa shape index (κ3) is 3.83. The monoisotopic (exact) mass is 370 g/mol. The van der Waals surface area contributed by atoms with E-state index in [1.807, 2.05) is 6.07 Å². The molecule has 2 aromatic heterocycles. The lowest BCUT2D eigenvalue weighted by Gasteiger charge is -2.16. The maximum atomic E-state index is 12.6. The van der Waals surface area contributed by atoms with E-state index in [2.05, 4.69) is 14.9 Å². The number of ketones is 1. The number of benzene rings is 1. The van der Waals surface area contributed by atoms with Crippen molar-refractivity contribution in [2.75, 3.05) is 0 Å². The van der Waals surface area contributed by atoms with Gasteiger partial charge in [0.25, 0.3) is 11.8 Å². The van der Waals surface area contributed by atoms with Gasteiger partial charge in [0.15, 0.2) is 0 Å². The summed E-state index contributed by atoms with van der Waals surface area (Å²) in [6.45, 7) is 0. The molecule has 1 unspecified atom stereocenters. The lowest BCUT2D eigenvalue weighted by molar-refractivity contribution is -0.137. The maximum absolute atomic E-state index is 12.6. The van der Waals surface area contributed by atoms with Crippen molar-refractivity contribution in [2.45, 2.75) is 12.5 Å². The Kier molecular flexibility index (Phi) is 5.18. The molecule has 2 heterocycles. The van der Waals surface area contributed by atoms with Crippen LogP contribution in [0.25, 0.3) is 11.3 Å². The molecule has 0 aliphatic heterocycles. The fourth-order valence-electron chi connectivity index (χ4n) is 2.38. The van der Waals surface area contributed by atoms with Gasteiger partial charge in [0, 0.05) is 12.0 Å². The second-order valence-electron chi connectivity index (χ2n) is 5.41. The van der Waals surface area contributed by atoms with Crippen LogP contribution in [-0.2, 0) is 16.0 Å². The summed E-state index contributed by atoms with van der Waals surface area (Å²) in [6.07, 6.45) is 3.02. The van der Waals surface area contributed by atoms with Gasteiger partial charge in [-0.05, 0) is 23.2 Å². The van der Waals surface area contributed by atoms with E-state index in [-0.39, 0.29) is 11.3 Å². The summed E-state index contributed by atoms with van der Waals surface area (Å²) < 4.78 is 8.78. The minimum absolute atomic E-state index is 0.141. The lowest BCUT2D eigenvalue weighted by atomic mass is 10.0. The van der Waals surface area contributed by atoms with Gasteiger partial charge >= 0.3 is 0 Å². The molecule has 0 bridgehead atoms. The summed E-state index contributed by atoms with van der Waals surface area (Å²) in [7, 11) is 0. The summed E-state index contributed by atoms with van der Waals surface area (Å²) in [5.74, 6) is -2.54. The molecule has 132 valence electrons. The summed E-state index contributed by atoms with van der Waals surface area (Å²) in [4.78, 5) is 36.3. The summed E-state index contributed by atoms with van der Waals surface area (Å²) in [5, 5.41) is 6.48. The highest BCUT2D eigenvalue weighted by Gasteiger charge is 2.28. The van der Waals surface area contributed by atoms with Crippen molar-refractivity contribution in [1.82, 2.24) is 14.9 Å². The topological polar surface area (TPSA) is 128 Å². The number of nitrogens with two attached hydrogens (primary N) is 1. The van der Waals surface area contributed by atoms with Gasteiger partial charge in [0.2, 0.25) is 5.78 Å². The van der Waals surface area contributed by atoms with Gasteiger partial charge in [-0.15, -0.1) is 5.10 Å². The van der Waals surface area contributed by atoms with Crippen LogP contribution in [0.4, 0.5) is 0 Å². The molecule has 0 saturated heterocycles. The van der Waals surface area contributed by atoms with Crippen LogP contribution in [0, 0.1) is 0 Å². The molecule has 0 radical (unpaired) electrons. The number of carbonyl (C=O) groups excluding carboxylic acids is 3. The predicted molar refractivity (Wildman–Crippen MR) is 93.2 cm³/mol. The van der Waals surface area contributed by atoms with Crippen molar-refractivity contribution in [3.63, 3.8) is 0 Å². The van der Waals surface area contributed by atoms with Crippen molar-refractivity contribution in [2.24, 2.45) is 5.73 Å². The molecule has 1 atom stereocenters. The smallest absolute Gasteiger partial charge is 0.287 e. The maximum Gasteiger partial charge on any atom is 0.287 e. The van der Waals surface area contributed by atoms with E-state index in [4.69, 9.17) is 10.2 Å². The molecule has 0 aliphatic carbocycles. The predicted octanol–water partition coefficient (Wildman–Crippen LogP) is 1.19. The van der Waals surface area contributed by atoms with E-state index in [0.717, 1.165) is 17.1 Å². The number of hydrogen-bond donors (Lipinski definition) is 2. The fraction of sp³-hybridized carbons (Fsp3) is 0.118. The number of furan rings is 1. The highest BCUT2D eigenvalue weighted by molar-refractivity contribution is 7.08. The molecule has 2 amide bonds. The zero-order valence-electron chi connectivity index (χ0n) is 13.4. The minimum atomic E-state index is -1.11. The third-order valence-electron chi connectivity index (χ3n) is 3.64. The molecule has 0 aliphatic rings. The number of aromatic nitrogens is 2. The van der Waals surface area contributed by atoms with Crippen LogP contribution in [-0.4, -0.2) is 33.2 Å². The first kappa shape index (κ1) is 17.5. The fourth-order valence-corrected chi connectivity index (χ4v) is 2.97. The first-order valence-corrected chi connectivity index (χ1v) is 8.37. The van der Waals surface area contributed by atoms with E-state index in [1.54, 1.807) is 30.3 Å². The Hall–Kier alpha value is -3.33. The Morgan fingerprint density at radius 1 is 1.19 bits per heavy atom. The summed E-state index contributed by atoms with van der Waals surface area (Å²) >= 11 is 0.882. The SMILES string of the molecule is NC(=O)C(=O)C(Cc1ccccc1)NC(=O)c1snnc1-c1ccoc1. The Morgan fingerprint density at radius 3 is 2.62 bits per heavy atom. The van der Waals surface area contributed by atoms with Gasteiger partial charge < -0.3 is 15.5 Å². The summed E-state index contributed by atoms with van der Waals surface area (Å²) in [5.41, 5.74) is 6.83. The number of carbonyl (C=O) groups is 3. The number of Topliss-reactive ketones (excluding diaryl/α,β-unsaturated/α-hetero) is 1. The minimum Gasteiger partial charge on any atom is -0.472 e. The van der Waals surface area contributed by atoms with Gasteiger partial charge in [0.1, 0.15) is 16.6 Å². The van der Waals surface area contributed by atoms with E-state index in [0.29, 0.717) is 11.3 Å². The second-order valence-corrected chi connectivity index (χ2v) is 6.16. The molecule has 8 nitrogen and oxygen atoms in total. The highest BCUT2D eigenvalue weighted by atomic mass is 32.1. The van der Waals surface area contributed by atoms with Crippen LogP contribution in [0.5, 0.6) is 0 Å². The van der Waals surface area contributed by atoms with Crippen molar-refractivity contribution < 1.29 is 18.8 Å². The van der Waals surface area contributed by atoms with E-state index in [1.165, 1.54) is 12.5 Å². The molecular formula is C17H14N4O4S. The molecular weight excluding hydrogens is 356 g/mol. The first-order valence-electron chi connectivity index (χ1n) is 7.59. The normalized spacial score (nSPS) is 11.7. The Morgan fingerprint density at radius 2 is 1.96 bits per heavy atom. The lowest BCUT2D eigenvalue weighted by Crippen LogP contribution is -2.47. The molecule has 26 heavy (non-hydrogen) atoms. The van der Waals surface area contributed by atoms with Crippen molar-refractivity contribution >= 4 is 29.1 Å². The largest absolute Gasteiger partial charge is 0.472 e. The van der Waals surface area contributed by atoms with Crippen LogP contribution in [0.15, 0.2) is 53.3 Å². The second kappa shape index (κ2) is 7.70. The van der Waals surface area contributed by atoms with Gasteiger partial charge in [-0.3, -0.25) is 14.4 Å². The number of primary amides is 1. The molecule has 3 rings (SSSR count). The average Bonchev–Trinajstić information content (AvgIpc) is 3.32. The van der Waals surface area contributed by atoms with Gasteiger partial charge in [-0.25, -0.2) is 0 Å².